The molecule has 9 heteroatoms. The summed E-state index contributed by atoms with van der Waals surface area (Å²) >= 11 is 0. The number of rotatable bonds is 13. The van der Waals surface area contributed by atoms with Gasteiger partial charge in [0.15, 0.2) is 0 Å². The zero-order chi connectivity index (χ0) is 24.7. The molecule has 0 unspecified atom stereocenters. The number of allylic oxidation sites excluding steroid dienone is 1. The standard InChI is InChI=1S/C25H32F2N4O3/c1-6-31(13-17(2)3)21-10-9-19(11-22(21)32-5)28-24-29-20(15-33-16-25(4,26)27)12-23(30-24)34-14-18-7-8-18/h6,9-13,18H,1,7-8,14-16H2,2-5H3,(H,28,29,30). The van der Waals surface area contributed by atoms with Crippen molar-refractivity contribution in [2.24, 2.45) is 5.92 Å². The van der Waals surface area contributed by atoms with E-state index in [-0.39, 0.29) is 12.6 Å². The molecule has 0 radical (unpaired) electrons. The van der Waals surface area contributed by atoms with E-state index >= 15 is 0 Å². The van der Waals surface area contributed by atoms with Gasteiger partial charge >= 0.3 is 0 Å². The summed E-state index contributed by atoms with van der Waals surface area (Å²) in [6, 6.07) is 7.19. The first kappa shape index (κ1) is 25.4. The fourth-order valence-electron chi connectivity index (χ4n) is 3.10. The monoisotopic (exact) mass is 474 g/mol. The molecule has 1 aliphatic carbocycles. The molecule has 1 aromatic carbocycles. The fraction of sp³-hybridized carbons (Fsp3) is 0.440. The van der Waals surface area contributed by atoms with Crippen molar-refractivity contribution in [1.82, 2.24) is 9.97 Å². The quantitative estimate of drug-likeness (QED) is 0.378. The topological polar surface area (TPSA) is 68.7 Å². The summed E-state index contributed by atoms with van der Waals surface area (Å²) in [5.41, 5.74) is 3.06. The number of anilines is 3. The van der Waals surface area contributed by atoms with Gasteiger partial charge in [-0.1, -0.05) is 12.2 Å². The molecule has 1 N–H and O–H groups in total. The van der Waals surface area contributed by atoms with E-state index in [4.69, 9.17) is 14.2 Å². The lowest BCUT2D eigenvalue weighted by Gasteiger charge is -2.20. The SMILES string of the molecule is C=CN(C=C(C)C)c1ccc(Nc2nc(COCC(C)(F)F)cc(OCC3CC3)n2)cc1OC. The van der Waals surface area contributed by atoms with Gasteiger partial charge in [0.1, 0.15) is 12.4 Å². The van der Waals surface area contributed by atoms with Gasteiger partial charge in [-0.2, -0.15) is 4.98 Å². The number of halogens is 2. The Kier molecular flexibility index (Phi) is 8.44. The Labute approximate surface area is 199 Å². The first-order valence-electron chi connectivity index (χ1n) is 11.1. The molecule has 1 heterocycles. The normalized spacial score (nSPS) is 13.2. The van der Waals surface area contributed by atoms with Crippen LogP contribution < -0.4 is 19.7 Å². The molecule has 0 aliphatic heterocycles. The van der Waals surface area contributed by atoms with Crippen LogP contribution in [0.25, 0.3) is 0 Å². The third-order valence-corrected chi connectivity index (χ3v) is 4.83. The third kappa shape index (κ3) is 7.98. The van der Waals surface area contributed by atoms with Crippen molar-refractivity contribution < 1.29 is 23.0 Å². The number of nitrogens with one attached hydrogen (secondary N) is 1. The molecule has 3 rings (SSSR count). The lowest BCUT2D eigenvalue weighted by Crippen LogP contribution is -2.18. The van der Waals surface area contributed by atoms with E-state index in [1.807, 2.05) is 43.1 Å². The zero-order valence-electron chi connectivity index (χ0n) is 20.1. The Balaban J connectivity index is 1.81. The van der Waals surface area contributed by atoms with Gasteiger partial charge in [-0.05, 0) is 44.7 Å². The van der Waals surface area contributed by atoms with Gasteiger partial charge in [-0.25, -0.2) is 13.8 Å². The van der Waals surface area contributed by atoms with Crippen LogP contribution in [0.5, 0.6) is 11.6 Å². The predicted molar refractivity (Wildman–Crippen MR) is 129 cm³/mol. The number of hydrogen-bond acceptors (Lipinski definition) is 7. The molecule has 1 saturated carbocycles. The average molecular weight is 475 g/mol. The lowest BCUT2D eigenvalue weighted by atomic mass is 10.2. The van der Waals surface area contributed by atoms with Crippen LogP contribution >= 0.6 is 0 Å². The van der Waals surface area contributed by atoms with Crippen molar-refractivity contribution >= 4 is 17.3 Å². The van der Waals surface area contributed by atoms with Crippen molar-refractivity contribution in [2.75, 3.05) is 30.5 Å². The van der Waals surface area contributed by atoms with E-state index < -0.39 is 12.5 Å². The van der Waals surface area contributed by atoms with Crippen LogP contribution in [-0.2, 0) is 11.3 Å². The molecule has 0 bridgehead atoms. The Morgan fingerprint density at radius 2 is 2.03 bits per heavy atom. The van der Waals surface area contributed by atoms with Gasteiger partial charge in [0.2, 0.25) is 11.8 Å². The molecule has 1 aromatic heterocycles. The minimum absolute atomic E-state index is 0.0837. The van der Waals surface area contributed by atoms with E-state index in [1.54, 1.807) is 19.4 Å². The molecule has 1 fully saturated rings. The molecule has 0 saturated heterocycles. The smallest absolute Gasteiger partial charge is 0.268 e. The highest BCUT2D eigenvalue weighted by Gasteiger charge is 2.23. The van der Waals surface area contributed by atoms with E-state index in [0.29, 0.717) is 35.5 Å². The van der Waals surface area contributed by atoms with E-state index in [9.17, 15) is 8.78 Å². The number of hydrogen-bond donors (Lipinski definition) is 1. The highest BCUT2D eigenvalue weighted by atomic mass is 19.3. The van der Waals surface area contributed by atoms with Gasteiger partial charge in [-0.3, -0.25) is 0 Å². The molecular weight excluding hydrogens is 442 g/mol. The van der Waals surface area contributed by atoms with Gasteiger partial charge in [0.05, 0.1) is 31.7 Å². The lowest BCUT2D eigenvalue weighted by molar-refractivity contribution is -0.0679. The fourth-order valence-corrected chi connectivity index (χ4v) is 3.10. The maximum atomic E-state index is 13.1. The summed E-state index contributed by atoms with van der Waals surface area (Å²) < 4.78 is 42.8. The highest BCUT2D eigenvalue weighted by molar-refractivity contribution is 5.69. The molecule has 0 spiro atoms. The molecule has 0 amide bonds. The van der Waals surface area contributed by atoms with Crippen LogP contribution in [0.4, 0.5) is 26.1 Å². The van der Waals surface area contributed by atoms with E-state index in [0.717, 1.165) is 31.0 Å². The summed E-state index contributed by atoms with van der Waals surface area (Å²) in [6.07, 6.45) is 5.93. The zero-order valence-corrected chi connectivity index (χ0v) is 20.1. The Morgan fingerprint density at radius 3 is 2.65 bits per heavy atom. The Morgan fingerprint density at radius 1 is 1.26 bits per heavy atom. The summed E-state index contributed by atoms with van der Waals surface area (Å²) in [5.74, 6) is -1.11. The van der Waals surface area contributed by atoms with Crippen LogP contribution in [-0.4, -0.2) is 36.2 Å². The van der Waals surface area contributed by atoms with Crippen LogP contribution in [0.1, 0.15) is 39.3 Å². The molecule has 2 aromatic rings. The van der Waals surface area contributed by atoms with Crippen molar-refractivity contribution in [3.63, 3.8) is 0 Å². The molecule has 184 valence electrons. The Bertz CT molecular complexity index is 1020. The van der Waals surface area contributed by atoms with E-state index in [1.165, 1.54) is 0 Å². The molecule has 0 atom stereocenters. The molecule has 7 nitrogen and oxygen atoms in total. The number of alkyl halides is 2. The maximum absolute atomic E-state index is 13.1. The van der Waals surface area contributed by atoms with Crippen molar-refractivity contribution in [2.45, 2.75) is 46.1 Å². The summed E-state index contributed by atoms with van der Waals surface area (Å²) in [7, 11) is 1.59. The summed E-state index contributed by atoms with van der Waals surface area (Å²) in [5, 5.41) is 3.15. The molecule has 1 aliphatic rings. The molecule has 34 heavy (non-hydrogen) atoms. The number of nitrogens with zero attached hydrogens (tertiary/aromatic N) is 3. The number of benzene rings is 1. The van der Waals surface area contributed by atoms with Gasteiger partial charge in [-0.15, -0.1) is 0 Å². The Hall–Kier alpha value is -3.20. The van der Waals surface area contributed by atoms with Gasteiger partial charge < -0.3 is 24.4 Å². The minimum Gasteiger partial charge on any atom is -0.494 e. The predicted octanol–water partition coefficient (Wildman–Crippen LogP) is 6.06. The average Bonchev–Trinajstić information content (AvgIpc) is 3.59. The number of aromatic nitrogens is 2. The van der Waals surface area contributed by atoms with Crippen molar-refractivity contribution in [3.8, 4) is 11.6 Å². The van der Waals surface area contributed by atoms with Crippen LogP contribution in [0.2, 0.25) is 0 Å². The minimum atomic E-state index is -2.91. The van der Waals surface area contributed by atoms with Crippen molar-refractivity contribution in [1.29, 1.82) is 0 Å². The van der Waals surface area contributed by atoms with Crippen LogP contribution in [0, 0.1) is 5.92 Å². The largest absolute Gasteiger partial charge is 0.494 e. The third-order valence-electron chi connectivity index (χ3n) is 4.83. The van der Waals surface area contributed by atoms with Crippen LogP contribution in [0.15, 0.2) is 48.8 Å². The maximum Gasteiger partial charge on any atom is 0.268 e. The number of methoxy groups -OCH3 is 1. The first-order chi connectivity index (χ1) is 16.2. The summed E-state index contributed by atoms with van der Waals surface area (Å²) in [4.78, 5) is 10.7. The van der Waals surface area contributed by atoms with Gasteiger partial charge in [0.25, 0.3) is 5.92 Å². The van der Waals surface area contributed by atoms with Crippen molar-refractivity contribution in [3.05, 3.63) is 54.5 Å². The second kappa shape index (κ2) is 11.3. The summed E-state index contributed by atoms with van der Waals surface area (Å²) in [6.45, 7) is 8.46. The van der Waals surface area contributed by atoms with Gasteiger partial charge in [0, 0.05) is 37.1 Å². The van der Waals surface area contributed by atoms with E-state index in [2.05, 4.69) is 21.9 Å². The molecular formula is C25H32F2N4O3. The second-order valence-corrected chi connectivity index (χ2v) is 8.65. The number of ether oxygens (including phenoxy) is 3. The highest BCUT2D eigenvalue weighted by Crippen LogP contribution is 2.33. The second-order valence-electron chi connectivity index (χ2n) is 8.65. The van der Waals surface area contributed by atoms with Crippen LogP contribution in [0.3, 0.4) is 0 Å². The first-order valence-corrected chi connectivity index (χ1v) is 11.1.